The number of rotatable bonds is 3. The van der Waals surface area contributed by atoms with Crippen LogP contribution in [0.25, 0.3) is 16.7 Å². The molecule has 0 unspecified atom stereocenters. The van der Waals surface area contributed by atoms with Gasteiger partial charge in [-0.05, 0) is 36.4 Å². The Morgan fingerprint density at radius 1 is 1.00 bits per heavy atom. The van der Waals surface area contributed by atoms with Gasteiger partial charge in [0.25, 0.3) is 11.5 Å². The molecule has 3 heterocycles. The third-order valence-corrected chi connectivity index (χ3v) is 4.46. The van der Waals surface area contributed by atoms with Gasteiger partial charge in [-0.1, -0.05) is 0 Å². The lowest BCUT2D eigenvalue weighted by Gasteiger charge is -2.09. The van der Waals surface area contributed by atoms with Gasteiger partial charge in [0.2, 0.25) is 0 Å². The fraction of sp³-hybridized carbons (Fsp3) is 0.105. The molecule has 1 amide bonds. The van der Waals surface area contributed by atoms with Gasteiger partial charge in [0.05, 0.1) is 11.7 Å². The maximum Gasteiger partial charge on any atom is 0.332 e. The first-order valence-corrected chi connectivity index (χ1v) is 8.42. The van der Waals surface area contributed by atoms with Crippen molar-refractivity contribution >= 4 is 22.6 Å². The number of imidazole rings is 1. The molecule has 9 heteroatoms. The summed E-state index contributed by atoms with van der Waals surface area (Å²) in [6, 6.07) is 10.2. The van der Waals surface area contributed by atoms with E-state index in [-0.39, 0.29) is 16.7 Å². The zero-order chi connectivity index (χ0) is 19.8. The van der Waals surface area contributed by atoms with E-state index in [0.717, 1.165) is 10.3 Å². The van der Waals surface area contributed by atoms with Crippen LogP contribution in [0.4, 0.5) is 5.69 Å². The Bertz CT molecular complexity index is 1300. The molecule has 9 nitrogen and oxygen atoms in total. The first kappa shape index (κ1) is 17.4. The van der Waals surface area contributed by atoms with E-state index in [4.69, 9.17) is 0 Å². The van der Waals surface area contributed by atoms with E-state index < -0.39 is 17.2 Å². The van der Waals surface area contributed by atoms with E-state index in [2.05, 4.69) is 15.3 Å². The number of nitrogens with one attached hydrogen (secondary N) is 1. The summed E-state index contributed by atoms with van der Waals surface area (Å²) in [5.41, 5.74) is 0.815. The number of carbonyl (C=O) groups is 1. The molecule has 0 radical (unpaired) electrons. The van der Waals surface area contributed by atoms with Crippen LogP contribution in [0.1, 0.15) is 10.5 Å². The smallest absolute Gasteiger partial charge is 0.321 e. The van der Waals surface area contributed by atoms with Crippen LogP contribution in [0.5, 0.6) is 0 Å². The SMILES string of the molecule is Cn1c(=O)c2ccc(C(=O)Nc3ccc(-n4ccnc4)cc3)nc2n(C)c1=O. The first-order chi connectivity index (χ1) is 13.5. The zero-order valence-electron chi connectivity index (χ0n) is 15.2. The van der Waals surface area contributed by atoms with E-state index in [1.54, 1.807) is 24.7 Å². The minimum atomic E-state index is -0.502. The highest BCUT2D eigenvalue weighted by molar-refractivity contribution is 6.03. The number of aryl methyl sites for hydroxylation is 1. The normalized spacial score (nSPS) is 10.9. The van der Waals surface area contributed by atoms with E-state index >= 15 is 0 Å². The molecule has 140 valence electrons. The second kappa shape index (κ2) is 6.62. The molecule has 4 rings (SSSR count). The molecule has 3 aromatic heterocycles. The monoisotopic (exact) mass is 376 g/mol. The first-order valence-electron chi connectivity index (χ1n) is 8.42. The molecular formula is C19H16N6O3. The van der Waals surface area contributed by atoms with E-state index in [9.17, 15) is 14.4 Å². The van der Waals surface area contributed by atoms with Crippen LogP contribution >= 0.6 is 0 Å². The summed E-state index contributed by atoms with van der Waals surface area (Å²) in [4.78, 5) is 45.1. The highest BCUT2D eigenvalue weighted by Crippen LogP contribution is 2.14. The number of pyridine rings is 1. The molecular weight excluding hydrogens is 360 g/mol. The molecule has 0 saturated heterocycles. The summed E-state index contributed by atoms with van der Waals surface area (Å²) < 4.78 is 4.09. The summed E-state index contributed by atoms with van der Waals surface area (Å²) in [5, 5.41) is 3.03. The summed E-state index contributed by atoms with van der Waals surface area (Å²) in [7, 11) is 2.91. The Balaban J connectivity index is 1.64. The maximum absolute atomic E-state index is 12.6. The Labute approximate surface area is 158 Å². The third-order valence-electron chi connectivity index (χ3n) is 4.46. The molecule has 1 N–H and O–H groups in total. The van der Waals surface area contributed by atoms with Crippen molar-refractivity contribution in [3.63, 3.8) is 0 Å². The van der Waals surface area contributed by atoms with Gasteiger partial charge >= 0.3 is 5.69 Å². The van der Waals surface area contributed by atoms with Crippen LogP contribution < -0.4 is 16.6 Å². The van der Waals surface area contributed by atoms with Crippen molar-refractivity contribution in [1.29, 1.82) is 0 Å². The number of benzene rings is 1. The summed E-state index contributed by atoms with van der Waals surface area (Å²) >= 11 is 0. The number of fused-ring (bicyclic) bond motifs is 1. The lowest BCUT2D eigenvalue weighted by molar-refractivity contribution is 0.102. The van der Waals surface area contributed by atoms with Gasteiger partial charge in [0, 0.05) is 37.9 Å². The topological polar surface area (TPSA) is 104 Å². The van der Waals surface area contributed by atoms with Gasteiger partial charge < -0.3 is 9.88 Å². The van der Waals surface area contributed by atoms with Gasteiger partial charge in [-0.2, -0.15) is 0 Å². The standard InChI is InChI=1S/C19H16N6O3/c1-23-16-14(18(27)24(2)19(23)28)7-8-15(22-16)17(26)21-12-3-5-13(6-4-12)25-10-9-20-11-25/h3-11H,1-2H3,(H,21,26). The van der Waals surface area contributed by atoms with Gasteiger partial charge in [-0.15, -0.1) is 0 Å². The second-order valence-corrected chi connectivity index (χ2v) is 6.24. The van der Waals surface area contributed by atoms with E-state index in [0.29, 0.717) is 5.69 Å². The highest BCUT2D eigenvalue weighted by atomic mass is 16.2. The number of hydrogen-bond donors (Lipinski definition) is 1. The summed E-state index contributed by atoms with van der Waals surface area (Å²) in [6.07, 6.45) is 5.18. The zero-order valence-corrected chi connectivity index (χ0v) is 15.2. The van der Waals surface area contributed by atoms with E-state index in [1.165, 1.54) is 30.8 Å². The molecule has 0 aliphatic heterocycles. The fourth-order valence-corrected chi connectivity index (χ4v) is 2.90. The summed E-state index contributed by atoms with van der Waals surface area (Å²) in [5.74, 6) is -0.439. The van der Waals surface area contributed by atoms with Crippen LogP contribution in [0.3, 0.4) is 0 Å². The van der Waals surface area contributed by atoms with Crippen LogP contribution in [-0.2, 0) is 14.1 Å². The second-order valence-electron chi connectivity index (χ2n) is 6.24. The third kappa shape index (κ3) is 2.88. The molecule has 0 saturated carbocycles. The molecule has 28 heavy (non-hydrogen) atoms. The Kier molecular flexibility index (Phi) is 4.11. The molecule has 4 aromatic rings. The molecule has 0 aliphatic rings. The van der Waals surface area contributed by atoms with Crippen LogP contribution in [0, 0.1) is 0 Å². The minimum Gasteiger partial charge on any atom is -0.321 e. The predicted molar refractivity (Wildman–Crippen MR) is 104 cm³/mol. The largest absolute Gasteiger partial charge is 0.332 e. The Hall–Kier alpha value is -4.01. The average molecular weight is 376 g/mol. The van der Waals surface area contributed by atoms with Gasteiger partial charge in [-0.25, -0.2) is 14.8 Å². The molecule has 0 spiro atoms. The van der Waals surface area contributed by atoms with Gasteiger partial charge in [0.1, 0.15) is 11.3 Å². The maximum atomic E-state index is 12.6. The quantitative estimate of drug-likeness (QED) is 0.576. The number of aromatic nitrogens is 5. The molecule has 0 aliphatic carbocycles. The van der Waals surface area contributed by atoms with Crippen molar-refractivity contribution in [2.75, 3.05) is 5.32 Å². The summed E-state index contributed by atoms with van der Waals surface area (Å²) in [6.45, 7) is 0. The predicted octanol–water partition coefficient (Wildman–Crippen LogP) is 1.07. The van der Waals surface area contributed by atoms with Crippen molar-refractivity contribution in [3.05, 3.63) is 81.7 Å². The van der Waals surface area contributed by atoms with Crippen molar-refractivity contribution in [2.45, 2.75) is 0 Å². The number of carbonyl (C=O) groups excluding carboxylic acids is 1. The van der Waals surface area contributed by atoms with Gasteiger partial charge in [-0.3, -0.25) is 18.7 Å². The van der Waals surface area contributed by atoms with Crippen molar-refractivity contribution in [3.8, 4) is 5.69 Å². The lowest BCUT2D eigenvalue weighted by atomic mass is 10.2. The number of hydrogen-bond acceptors (Lipinski definition) is 5. The van der Waals surface area contributed by atoms with Gasteiger partial charge in [0.15, 0.2) is 0 Å². The molecule has 0 atom stereocenters. The highest BCUT2D eigenvalue weighted by Gasteiger charge is 2.14. The van der Waals surface area contributed by atoms with E-state index in [1.807, 2.05) is 22.9 Å². The average Bonchev–Trinajstić information content (AvgIpc) is 3.25. The molecule has 0 bridgehead atoms. The molecule has 0 fully saturated rings. The lowest BCUT2D eigenvalue weighted by Crippen LogP contribution is -2.37. The Morgan fingerprint density at radius 2 is 1.75 bits per heavy atom. The Morgan fingerprint density at radius 3 is 2.43 bits per heavy atom. The number of amides is 1. The molecule has 1 aromatic carbocycles. The minimum absolute atomic E-state index is 0.106. The van der Waals surface area contributed by atoms with Crippen molar-refractivity contribution in [2.24, 2.45) is 14.1 Å². The van der Waals surface area contributed by atoms with Crippen molar-refractivity contribution in [1.82, 2.24) is 23.7 Å². The fourth-order valence-electron chi connectivity index (χ4n) is 2.90. The number of nitrogens with zero attached hydrogens (tertiary/aromatic N) is 5. The van der Waals surface area contributed by atoms with Crippen LogP contribution in [0.15, 0.2) is 64.7 Å². The van der Waals surface area contributed by atoms with Crippen molar-refractivity contribution < 1.29 is 4.79 Å². The van der Waals surface area contributed by atoms with Crippen LogP contribution in [0.2, 0.25) is 0 Å². The van der Waals surface area contributed by atoms with Crippen LogP contribution in [-0.4, -0.2) is 29.6 Å². The number of anilines is 1.